The van der Waals surface area contributed by atoms with Crippen molar-refractivity contribution in [3.05, 3.63) is 29.3 Å². The summed E-state index contributed by atoms with van der Waals surface area (Å²) >= 11 is 0. The Hall–Kier alpha value is -1.55. The molecule has 0 bridgehead atoms. The van der Waals surface area contributed by atoms with Crippen LogP contribution in [0, 0.1) is 6.92 Å². The molecule has 0 radical (unpaired) electrons. The second kappa shape index (κ2) is 6.40. The highest BCUT2D eigenvalue weighted by Crippen LogP contribution is 2.19. The van der Waals surface area contributed by atoms with Crippen LogP contribution in [0.3, 0.4) is 0 Å². The number of benzene rings is 1. The van der Waals surface area contributed by atoms with Crippen LogP contribution in [0.25, 0.3) is 0 Å². The highest BCUT2D eigenvalue weighted by Gasteiger charge is 2.10. The summed E-state index contributed by atoms with van der Waals surface area (Å²) < 4.78 is 0. The van der Waals surface area contributed by atoms with Crippen molar-refractivity contribution in [3.63, 3.8) is 0 Å². The molecule has 1 aromatic rings. The van der Waals surface area contributed by atoms with Crippen molar-refractivity contribution < 1.29 is 9.90 Å². The standard InChI is InChI=1S/C14H22N2O2/c1-10(2)15-14(18)8-16(4)13-6-5-12(9-17)7-11(13)3/h5-7,10,17H,8-9H2,1-4H3,(H,15,18). The molecule has 0 aliphatic heterocycles. The molecule has 0 aliphatic rings. The maximum atomic E-state index is 11.7. The van der Waals surface area contributed by atoms with Gasteiger partial charge in [0.05, 0.1) is 13.2 Å². The summed E-state index contributed by atoms with van der Waals surface area (Å²) in [6, 6.07) is 5.90. The number of carbonyl (C=O) groups excluding carboxylic acids is 1. The van der Waals surface area contributed by atoms with E-state index in [0.717, 1.165) is 16.8 Å². The van der Waals surface area contributed by atoms with Crippen molar-refractivity contribution in [2.45, 2.75) is 33.4 Å². The number of hydrogen-bond donors (Lipinski definition) is 2. The van der Waals surface area contributed by atoms with E-state index in [4.69, 9.17) is 5.11 Å². The normalized spacial score (nSPS) is 10.6. The van der Waals surface area contributed by atoms with Crippen molar-refractivity contribution in [3.8, 4) is 0 Å². The zero-order chi connectivity index (χ0) is 13.7. The van der Waals surface area contributed by atoms with E-state index in [0.29, 0.717) is 6.54 Å². The minimum atomic E-state index is 0.0122. The SMILES string of the molecule is Cc1cc(CO)ccc1N(C)CC(=O)NC(C)C. The molecule has 0 spiro atoms. The molecule has 2 N–H and O–H groups in total. The third-order valence-corrected chi connectivity index (χ3v) is 2.69. The monoisotopic (exact) mass is 250 g/mol. The van der Waals surface area contributed by atoms with Gasteiger partial charge in [0.15, 0.2) is 0 Å². The van der Waals surface area contributed by atoms with Crippen molar-refractivity contribution in [2.24, 2.45) is 0 Å². The largest absolute Gasteiger partial charge is 0.392 e. The second-order valence-corrected chi connectivity index (χ2v) is 4.86. The van der Waals surface area contributed by atoms with Crippen LogP contribution in [0.5, 0.6) is 0 Å². The van der Waals surface area contributed by atoms with E-state index >= 15 is 0 Å². The van der Waals surface area contributed by atoms with Crippen molar-refractivity contribution >= 4 is 11.6 Å². The molecule has 18 heavy (non-hydrogen) atoms. The van der Waals surface area contributed by atoms with E-state index in [1.165, 1.54) is 0 Å². The van der Waals surface area contributed by atoms with Crippen LogP contribution in [-0.4, -0.2) is 30.6 Å². The maximum absolute atomic E-state index is 11.7. The Morgan fingerprint density at radius 3 is 2.61 bits per heavy atom. The lowest BCUT2D eigenvalue weighted by Gasteiger charge is -2.22. The van der Waals surface area contributed by atoms with Crippen molar-refractivity contribution in [2.75, 3.05) is 18.5 Å². The molecule has 0 fully saturated rings. The number of anilines is 1. The Bertz CT molecular complexity index is 416. The number of nitrogens with one attached hydrogen (secondary N) is 1. The van der Waals surface area contributed by atoms with Crippen molar-refractivity contribution in [1.29, 1.82) is 0 Å². The lowest BCUT2D eigenvalue weighted by molar-refractivity contribution is -0.120. The van der Waals surface area contributed by atoms with E-state index in [1.807, 2.05) is 50.9 Å². The first kappa shape index (κ1) is 14.5. The third-order valence-electron chi connectivity index (χ3n) is 2.69. The van der Waals surface area contributed by atoms with E-state index in [1.54, 1.807) is 0 Å². The average molecular weight is 250 g/mol. The Morgan fingerprint density at radius 2 is 2.11 bits per heavy atom. The first-order chi connectivity index (χ1) is 8.43. The number of amides is 1. The van der Waals surface area contributed by atoms with E-state index in [-0.39, 0.29) is 18.6 Å². The molecule has 0 saturated carbocycles. The highest BCUT2D eigenvalue weighted by atomic mass is 16.3. The van der Waals surface area contributed by atoms with Gasteiger partial charge in [-0.25, -0.2) is 0 Å². The molecule has 0 aromatic heterocycles. The smallest absolute Gasteiger partial charge is 0.239 e. The Morgan fingerprint density at radius 1 is 1.44 bits per heavy atom. The predicted molar refractivity (Wildman–Crippen MR) is 73.7 cm³/mol. The fraction of sp³-hybridized carbons (Fsp3) is 0.500. The minimum absolute atomic E-state index is 0.0122. The first-order valence-corrected chi connectivity index (χ1v) is 6.15. The zero-order valence-electron chi connectivity index (χ0n) is 11.5. The van der Waals surface area contributed by atoms with Crippen LogP contribution in [0.1, 0.15) is 25.0 Å². The summed E-state index contributed by atoms with van der Waals surface area (Å²) in [7, 11) is 1.89. The number of hydrogen-bond acceptors (Lipinski definition) is 3. The van der Waals surface area contributed by atoms with Crippen molar-refractivity contribution in [1.82, 2.24) is 5.32 Å². The summed E-state index contributed by atoms with van der Waals surface area (Å²) in [6.07, 6.45) is 0. The van der Waals surface area contributed by atoms with Crippen LogP contribution >= 0.6 is 0 Å². The molecule has 1 amide bonds. The van der Waals surface area contributed by atoms with Gasteiger partial charge < -0.3 is 15.3 Å². The van der Waals surface area contributed by atoms with Crippen LogP contribution in [0.4, 0.5) is 5.69 Å². The van der Waals surface area contributed by atoms with Gasteiger partial charge in [-0.1, -0.05) is 12.1 Å². The van der Waals surface area contributed by atoms with Gasteiger partial charge in [-0.3, -0.25) is 4.79 Å². The van der Waals surface area contributed by atoms with Gasteiger partial charge in [-0.2, -0.15) is 0 Å². The van der Waals surface area contributed by atoms with Crippen LogP contribution in [-0.2, 0) is 11.4 Å². The van der Waals surface area contributed by atoms with E-state index in [2.05, 4.69) is 5.32 Å². The fourth-order valence-corrected chi connectivity index (χ4v) is 1.91. The predicted octanol–water partition coefficient (Wildman–Crippen LogP) is 1.45. The van der Waals surface area contributed by atoms with Gasteiger partial charge in [0.25, 0.3) is 0 Å². The zero-order valence-corrected chi connectivity index (χ0v) is 11.5. The summed E-state index contributed by atoms with van der Waals surface area (Å²) in [4.78, 5) is 13.6. The molecule has 0 aliphatic carbocycles. The lowest BCUT2D eigenvalue weighted by atomic mass is 10.1. The molecule has 0 unspecified atom stereocenters. The number of carbonyl (C=O) groups is 1. The van der Waals surface area contributed by atoms with Gasteiger partial charge in [-0.15, -0.1) is 0 Å². The van der Waals surface area contributed by atoms with Crippen LogP contribution in [0.2, 0.25) is 0 Å². The van der Waals surface area contributed by atoms with Crippen LogP contribution < -0.4 is 10.2 Å². The quantitative estimate of drug-likeness (QED) is 0.831. The molecule has 4 nitrogen and oxygen atoms in total. The average Bonchev–Trinajstić information content (AvgIpc) is 2.27. The Labute approximate surface area is 109 Å². The molecular weight excluding hydrogens is 228 g/mol. The number of aliphatic hydroxyl groups excluding tert-OH is 1. The van der Waals surface area contributed by atoms with E-state index in [9.17, 15) is 4.79 Å². The summed E-state index contributed by atoms with van der Waals surface area (Å²) in [5.74, 6) is 0.0122. The highest BCUT2D eigenvalue weighted by molar-refractivity contribution is 5.81. The number of rotatable bonds is 5. The number of nitrogens with zero attached hydrogens (tertiary/aromatic N) is 1. The number of aryl methyl sites for hydroxylation is 1. The maximum Gasteiger partial charge on any atom is 0.239 e. The molecule has 100 valence electrons. The molecule has 0 heterocycles. The number of likely N-dealkylation sites (N-methyl/N-ethyl adjacent to an activating group) is 1. The Kier molecular flexibility index (Phi) is 5.16. The summed E-state index contributed by atoms with van der Waals surface area (Å²) in [5, 5.41) is 11.9. The third kappa shape index (κ3) is 4.04. The van der Waals surface area contributed by atoms with Gasteiger partial charge >= 0.3 is 0 Å². The molecular formula is C14H22N2O2. The summed E-state index contributed by atoms with van der Waals surface area (Å²) in [5.41, 5.74) is 2.95. The fourth-order valence-electron chi connectivity index (χ4n) is 1.91. The van der Waals surface area contributed by atoms with Gasteiger partial charge in [0.1, 0.15) is 0 Å². The molecule has 4 heteroatoms. The topological polar surface area (TPSA) is 52.6 Å². The van der Waals surface area contributed by atoms with E-state index < -0.39 is 0 Å². The molecule has 0 saturated heterocycles. The molecule has 1 rings (SSSR count). The second-order valence-electron chi connectivity index (χ2n) is 4.86. The minimum Gasteiger partial charge on any atom is -0.392 e. The Balaban J connectivity index is 2.72. The first-order valence-electron chi connectivity index (χ1n) is 6.15. The molecule has 0 atom stereocenters. The lowest BCUT2D eigenvalue weighted by Crippen LogP contribution is -2.38. The molecule has 1 aromatic carbocycles. The van der Waals surface area contributed by atoms with Crippen LogP contribution in [0.15, 0.2) is 18.2 Å². The van der Waals surface area contributed by atoms with Gasteiger partial charge in [0.2, 0.25) is 5.91 Å². The van der Waals surface area contributed by atoms with Gasteiger partial charge in [0, 0.05) is 18.8 Å². The van der Waals surface area contributed by atoms with Gasteiger partial charge in [-0.05, 0) is 38.0 Å². The number of aliphatic hydroxyl groups is 1. The summed E-state index contributed by atoms with van der Waals surface area (Å²) in [6.45, 7) is 6.24.